The molecule has 0 saturated carbocycles. The van der Waals surface area contributed by atoms with Crippen molar-refractivity contribution in [3.05, 3.63) is 70.5 Å². The third-order valence-electron chi connectivity index (χ3n) is 6.31. The lowest BCUT2D eigenvalue weighted by Gasteiger charge is -2.30. The van der Waals surface area contributed by atoms with Crippen molar-refractivity contribution >= 4 is 23.1 Å². The van der Waals surface area contributed by atoms with Crippen LogP contribution in [0.4, 0.5) is 11.4 Å². The molecule has 1 aliphatic rings. The Bertz CT molecular complexity index is 1060. The number of rotatable bonds is 6. The highest BCUT2D eigenvalue weighted by Crippen LogP contribution is 2.44. The molecule has 3 rings (SSSR count). The first-order chi connectivity index (χ1) is 15.0. The molecule has 1 amide bonds. The first-order valence-corrected chi connectivity index (χ1v) is 11.3. The lowest BCUT2D eigenvalue weighted by molar-refractivity contribution is -0.123. The maximum atomic E-state index is 13.4. The van der Waals surface area contributed by atoms with Crippen molar-refractivity contribution in [1.82, 2.24) is 0 Å². The summed E-state index contributed by atoms with van der Waals surface area (Å²) in [6.45, 7) is 15.4. The molecule has 2 aromatic carbocycles. The van der Waals surface area contributed by atoms with E-state index in [1.165, 1.54) is 0 Å². The molecule has 0 fully saturated rings. The molecule has 1 N–H and O–H groups in total. The molecule has 0 bridgehead atoms. The van der Waals surface area contributed by atoms with Crippen LogP contribution in [0.15, 0.2) is 53.8 Å². The lowest BCUT2D eigenvalue weighted by Crippen LogP contribution is -2.33. The highest BCUT2D eigenvalue weighted by atomic mass is 16.3. The molecule has 0 spiro atoms. The van der Waals surface area contributed by atoms with Crippen molar-refractivity contribution in [2.24, 2.45) is 5.41 Å². The number of hydrogen-bond donors (Lipinski definition) is 1. The molecule has 5 nitrogen and oxygen atoms in total. The van der Waals surface area contributed by atoms with Gasteiger partial charge in [0.15, 0.2) is 11.5 Å². The summed E-state index contributed by atoms with van der Waals surface area (Å²) >= 11 is 0. The number of aliphatic hydroxyl groups is 1. The van der Waals surface area contributed by atoms with E-state index in [2.05, 4.69) is 18.7 Å². The minimum Gasteiger partial charge on any atom is -0.503 e. The summed E-state index contributed by atoms with van der Waals surface area (Å²) in [7, 11) is 0. The van der Waals surface area contributed by atoms with Gasteiger partial charge in [0.05, 0.1) is 11.6 Å². The number of ketones is 1. The van der Waals surface area contributed by atoms with Crippen LogP contribution in [0, 0.1) is 19.3 Å². The normalized spacial score (nSPS) is 16.7. The highest BCUT2D eigenvalue weighted by molar-refractivity contribution is 6.17. The predicted molar refractivity (Wildman–Crippen MR) is 130 cm³/mol. The Hall–Kier alpha value is -3.08. The molecule has 1 aliphatic heterocycles. The summed E-state index contributed by atoms with van der Waals surface area (Å²) in [5.74, 6) is -1.22. The van der Waals surface area contributed by atoms with Crippen LogP contribution in [-0.2, 0) is 9.59 Å². The Morgan fingerprint density at radius 1 is 1.03 bits per heavy atom. The second-order valence-electron chi connectivity index (χ2n) is 9.40. The zero-order chi connectivity index (χ0) is 23.8. The maximum Gasteiger partial charge on any atom is 0.294 e. The van der Waals surface area contributed by atoms with Crippen molar-refractivity contribution in [3.8, 4) is 0 Å². The molecule has 170 valence electrons. The first kappa shape index (κ1) is 23.6. The topological polar surface area (TPSA) is 60.9 Å². The van der Waals surface area contributed by atoms with E-state index in [1.807, 2.05) is 56.3 Å². The van der Waals surface area contributed by atoms with Crippen molar-refractivity contribution < 1.29 is 14.7 Å². The SMILES string of the molecule is CCN(CC)c1ccc(C2C(C(=O)C(C)(C)C)=C(O)C(=O)N2c2cccc(C)c2C)cc1. The minimum atomic E-state index is -0.735. The number of aliphatic hydroxyl groups excluding tert-OH is 1. The zero-order valence-electron chi connectivity index (χ0n) is 20.2. The van der Waals surface area contributed by atoms with E-state index in [4.69, 9.17) is 0 Å². The number of nitrogens with zero attached hydrogens (tertiary/aromatic N) is 2. The third-order valence-corrected chi connectivity index (χ3v) is 6.31. The highest BCUT2D eigenvalue weighted by Gasteiger charge is 2.47. The smallest absolute Gasteiger partial charge is 0.294 e. The van der Waals surface area contributed by atoms with Gasteiger partial charge in [-0.1, -0.05) is 45.0 Å². The Labute approximate surface area is 191 Å². The minimum absolute atomic E-state index is 0.166. The summed E-state index contributed by atoms with van der Waals surface area (Å²) in [4.78, 5) is 30.5. The molecule has 2 aromatic rings. The Kier molecular flexibility index (Phi) is 6.49. The standard InChI is InChI=1S/C27H34N2O3/c1-8-28(9-2)20-15-13-19(14-16-20)23-22(25(31)27(5,6)7)24(30)26(32)29(23)21-12-10-11-17(3)18(21)4/h10-16,23,30H,8-9H2,1-7H3. The monoisotopic (exact) mass is 434 g/mol. The average Bonchev–Trinajstić information content (AvgIpc) is 3.01. The third kappa shape index (κ3) is 4.04. The number of anilines is 2. The molecule has 0 saturated heterocycles. The molecule has 1 unspecified atom stereocenters. The van der Waals surface area contributed by atoms with Crippen LogP contribution >= 0.6 is 0 Å². The van der Waals surface area contributed by atoms with Gasteiger partial charge in [0.2, 0.25) is 0 Å². The fourth-order valence-electron chi connectivity index (χ4n) is 4.26. The largest absolute Gasteiger partial charge is 0.503 e. The predicted octanol–water partition coefficient (Wildman–Crippen LogP) is 5.66. The summed E-state index contributed by atoms with van der Waals surface area (Å²) < 4.78 is 0. The number of aryl methyl sites for hydroxylation is 1. The number of benzene rings is 2. The van der Waals surface area contributed by atoms with Crippen LogP contribution in [0.5, 0.6) is 0 Å². The summed E-state index contributed by atoms with van der Waals surface area (Å²) in [6.07, 6.45) is 0. The Balaban J connectivity index is 2.20. The van der Waals surface area contributed by atoms with Gasteiger partial charge in [-0.15, -0.1) is 0 Å². The average molecular weight is 435 g/mol. The van der Waals surface area contributed by atoms with E-state index in [-0.39, 0.29) is 11.4 Å². The van der Waals surface area contributed by atoms with Gasteiger partial charge in [0.1, 0.15) is 0 Å². The molecule has 0 aromatic heterocycles. The van der Waals surface area contributed by atoms with Gasteiger partial charge in [0, 0.05) is 29.9 Å². The van der Waals surface area contributed by atoms with Gasteiger partial charge >= 0.3 is 0 Å². The number of hydrogen-bond acceptors (Lipinski definition) is 4. The van der Waals surface area contributed by atoms with Gasteiger partial charge in [-0.25, -0.2) is 0 Å². The zero-order valence-corrected chi connectivity index (χ0v) is 20.2. The van der Waals surface area contributed by atoms with Gasteiger partial charge in [0.25, 0.3) is 5.91 Å². The maximum absolute atomic E-state index is 13.4. The van der Waals surface area contributed by atoms with Crippen LogP contribution in [0.1, 0.15) is 57.4 Å². The number of carbonyl (C=O) groups excluding carboxylic acids is 2. The van der Waals surface area contributed by atoms with Crippen molar-refractivity contribution in [3.63, 3.8) is 0 Å². The van der Waals surface area contributed by atoms with E-state index in [0.717, 1.165) is 35.5 Å². The Morgan fingerprint density at radius 3 is 2.16 bits per heavy atom. The Morgan fingerprint density at radius 2 is 1.62 bits per heavy atom. The molecular formula is C27H34N2O3. The van der Waals surface area contributed by atoms with E-state index in [9.17, 15) is 14.7 Å². The summed E-state index contributed by atoms with van der Waals surface area (Å²) in [6, 6.07) is 13.0. The van der Waals surface area contributed by atoms with E-state index < -0.39 is 23.1 Å². The fraction of sp³-hybridized carbons (Fsp3) is 0.407. The van der Waals surface area contributed by atoms with Crippen molar-refractivity contribution in [1.29, 1.82) is 0 Å². The van der Waals surface area contributed by atoms with Gasteiger partial charge in [-0.2, -0.15) is 0 Å². The van der Waals surface area contributed by atoms with Crippen molar-refractivity contribution in [2.75, 3.05) is 22.9 Å². The van der Waals surface area contributed by atoms with Crippen LogP contribution in [0.25, 0.3) is 0 Å². The lowest BCUT2D eigenvalue weighted by atomic mass is 9.82. The number of Topliss-reactive ketones (excluding diaryl/α,β-unsaturated/α-hetero) is 1. The fourth-order valence-corrected chi connectivity index (χ4v) is 4.26. The van der Waals surface area contributed by atoms with Gasteiger partial charge in [-0.05, 0) is 62.6 Å². The van der Waals surface area contributed by atoms with E-state index >= 15 is 0 Å². The number of amides is 1. The molecule has 5 heteroatoms. The van der Waals surface area contributed by atoms with Crippen LogP contribution in [0.2, 0.25) is 0 Å². The van der Waals surface area contributed by atoms with Gasteiger partial charge < -0.3 is 10.0 Å². The van der Waals surface area contributed by atoms with Crippen LogP contribution < -0.4 is 9.80 Å². The summed E-state index contributed by atoms with van der Waals surface area (Å²) in [5, 5.41) is 10.9. The molecule has 0 aliphatic carbocycles. The van der Waals surface area contributed by atoms with Crippen LogP contribution in [-0.4, -0.2) is 29.9 Å². The second kappa shape index (κ2) is 8.81. The molecule has 1 heterocycles. The quantitative estimate of drug-likeness (QED) is 0.637. The van der Waals surface area contributed by atoms with Crippen molar-refractivity contribution in [2.45, 2.75) is 54.5 Å². The molecule has 1 atom stereocenters. The summed E-state index contributed by atoms with van der Waals surface area (Å²) in [5.41, 5.74) is 4.00. The van der Waals surface area contributed by atoms with Gasteiger partial charge in [-0.3, -0.25) is 14.5 Å². The first-order valence-electron chi connectivity index (χ1n) is 11.3. The molecule has 32 heavy (non-hydrogen) atoms. The second-order valence-corrected chi connectivity index (χ2v) is 9.40. The van der Waals surface area contributed by atoms with E-state index in [1.54, 1.807) is 25.7 Å². The molecule has 0 radical (unpaired) electrons. The van der Waals surface area contributed by atoms with E-state index in [0.29, 0.717) is 5.69 Å². The van der Waals surface area contributed by atoms with Crippen LogP contribution in [0.3, 0.4) is 0 Å². The molecular weight excluding hydrogens is 400 g/mol. The number of carbonyl (C=O) groups is 2.